The highest BCUT2D eigenvalue weighted by molar-refractivity contribution is 7.98. The Morgan fingerprint density at radius 3 is 2.83 bits per heavy atom. The first-order valence-electron chi connectivity index (χ1n) is 11.7. The Morgan fingerprint density at radius 2 is 1.97 bits per heavy atom. The molecule has 178 valence electrons. The third kappa shape index (κ3) is 3.43. The molecule has 2 aromatic carbocycles. The van der Waals surface area contributed by atoms with E-state index >= 15 is 0 Å². The van der Waals surface area contributed by atoms with Crippen LogP contribution in [0.25, 0.3) is 0 Å². The average Bonchev–Trinajstić information content (AvgIpc) is 3.05. The standard InChI is InChI=1S/C27H25N3O4S/c1-2-18-8-6-14-34-21-10-5-7-17-15-35-22-11-4-3-9-19(22)24(23(17)21)30-16-28(18)27(33)25-26(32)20(31)12-13-29(25)30/h3-13,18,24,32H,2,14-16H2,1H3/b8-6-/t18-,24+/m1/s1. The van der Waals surface area contributed by atoms with Crippen LogP contribution in [0.2, 0.25) is 0 Å². The van der Waals surface area contributed by atoms with E-state index in [9.17, 15) is 14.7 Å². The molecular weight excluding hydrogens is 462 g/mol. The normalized spacial score (nSPS) is 21.6. The van der Waals surface area contributed by atoms with Gasteiger partial charge in [-0.2, -0.15) is 0 Å². The lowest BCUT2D eigenvalue weighted by atomic mass is 9.93. The molecule has 0 radical (unpaired) electrons. The molecule has 0 fully saturated rings. The molecule has 35 heavy (non-hydrogen) atoms. The van der Waals surface area contributed by atoms with Crippen LogP contribution in [0.15, 0.2) is 76.6 Å². The Balaban J connectivity index is 1.69. The third-order valence-corrected chi connectivity index (χ3v) is 8.07. The zero-order valence-electron chi connectivity index (χ0n) is 19.3. The van der Waals surface area contributed by atoms with E-state index in [1.54, 1.807) is 27.5 Å². The van der Waals surface area contributed by atoms with Gasteiger partial charge >= 0.3 is 0 Å². The van der Waals surface area contributed by atoms with Crippen molar-refractivity contribution < 1.29 is 14.6 Å². The fraction of sp³-hybridized carbons (Fsp3) is 0.259. The van der Waals surface area contributed by atoms with Crippen LogP contribution in [0.1, 0.15) is 46.6 Å². The summed E-state index contributed by atoms with van der Waals surface area (Å²) in [5, 5.41) is 12.9. The van der Waals surface area contributed by atoms with E-state index in [0.29, 0.717) is 13.0 Å². The van der Waals surface area contributed by atoms with E-state index in [-0.39, 0.29) is 30.4 Å². The van der Waals surface area contributed by atoms with Crippen LogP contribution in [0.4, 0.5) is 0 Å². The highest BCUT2D eigenvalue weighted by Crippen LogP contribution is 2.46. The largest absolute Gasteiger partial charge is 0.502 e. The summed E-state index contributed by atoms with van der Waals surface area (Å²) in [5.74, 6) is 0.686. The molecule has 3 aliphatic rings. The van der Waals surface area contributed by atoms with Crippen molar-refractivity contribution in [2.75, 3.05) is 18.3 Å². The minimum Gasteiger partial charge on any atom is -0.502 e. The summed E-state index contributed by atoms with van der Waals surface area (Å²) >= 11 is 1.77. The van der Waals surface area contributed by atoms with Crippen LogP contribution in [0.3, 0.4) is 0 Å². The molecule has 0 unspecified atom stereocenters. The monoisotopic (exact) mass is 487 g/mol. The summed E-state index contributed by atoms with van der Waals surface area (Å²) in [4.78, 5) is 29.0. The second kappa shape index (κ2) is 8.53. The second-order valence-corrected chi connectivity index (χ2v) is 9.87. The maximum atomic E-state index is 13.7. The zero-order chi connectivity index (χ0) is 24.1. The molecule has 2 atom stereocenters. The van der Waals surface area contributed by atoms with Crippen molar-refractivity contribution in [2.45, 2.75) is 36.1 Å². The number of rotatable bonds is 1. The Kier molecular flexibility index (Phi) is 5.33. The zero-order valence-corrected chi connectivity index (χ0v) is 20.1. The average molecular weight is 488 g/mol. The second-order valence-electron chi connectivity index (χ2n) is 8.85. The molecule has 1 amide bonds. The van der Waals surface area contributed by atoms with E-state index < -0.39 is 11.2 Å². The molecule has 1 N–H and O–H groups in total. The van der Waals surface area contributed by atoms with Crippen molar-refractivity contribution in [1.29, 1.82) is 0 Å². The summed E-state index contributed by atoms with van der Waals surface area (Å²) in [6.45, 7) is 2.69. The first-order valence-corrected chi connectivity index (χ1v) is 12.7. The van der Waals surface area contributed by atoms with Crippen LogP contribution in [-0.4, -0.2) is 39.9 Å². The highest BCUT2D eigenvalue weighted by atomic mass is 32.2. The molecule has 7 nitrogen and oxygen atoms in total. The molecule has 1 aromatic heterocycles. The Hall–Kier alpha value is -3.65. The van der Waals surface area contributed by atoms with E-state index in [1.165, 1.54) is 6.07 Å². The number of fused-ring (bicyclic) bond motifs is 7. The van der Waals surface area contributed by atoms with Gasteiger partial charge in [0.2, 0.25) is 5.43 Å². The van der Waals surface area contributed by atoms with E-state index in [1.807, 2.05) is 43.3 Å². The number of carbonyl (C=O) groups is 1. The van der Waals surface area contributed by atoms with Gasteiger partial charge < -0.3 is 14.7 Å². The minimum atomic E-state index is -0.569. The number of hydrogen-bond donors (Lipinski definition) is 1. The maximum absolute atomic E-state index is 13.7. The molecule has 3 aliphatic heterocycles. The molecule has 8 heteroatoms. The number of aromatic hydroxyl groups is 1. The van der Waals surface area contributed by atoms with Crippen LogP contribution >= 0.6 is 11.8 Å². The van der Waals surface area contributed by atoms with Crippen LogP contribution in [0, 0.1) is 0 Å². The number of aromatic nitrogens is 1. The van der Waals surface area contributed by atoms with Gasteiger partial charge in [-0.1, -0.05) is 43.3 Å². The smallest absolute Gasteiger partial charge is 0.278 e. The molecule has 0 spiro atoms. The van der Waals surface area contributed by atoms with Crippen LogP contribution < -0.4 is 15.2 Å². The molecule has 0 saturated heterocycles. The lowest BCUT2D eigenvalue weighted by molar-refractivity contribution is 0.0625. The third-order valence-electron chi connectivity index (χ3n) is 6.93. The summed E-state index contributed by atoms with van der Waals surface area (Å²) < 4.78 is 7.96. The number of carbonyl (C=O) groups excluding carboxylic acids is 1. The molecule has 0 saturated carbocycles. The number of ether oxygens (including phenoxy) is 1. The van der Waals surface area contributed by atoms with Gasteiger partial charge in [0.15, 0.2) is 11.4 Å². The van der Waals surface area contributed by atoms with Crippen LogP contribution in [-0.2, 0) is 5.75 Å². The lowest BCUT2D eigenvalue weighted by Gasteiger charge is -2.46. The Labute approximate surface area is 207 Å². The summed E-state index contributed by atoms with van der Waals surface area (Å²) in [6.07, 6.45) is 6.19. The summed E-state index contributed by atoms with van der Waals surface area (Å²) in [7, 11) is 0. The SMILES string of the molecule is CC[C@@H]1/C=C\COc2cccc3c2[C@H](c2ccccc2SC3)N2CN1C(=O)c1c(O)c(=O)ccn12. The van der Waals surface area contributed by atoms with Gasteiger partial charge in [-0.15, -0.1) is 11.8 Å². The molecular formula is C27H25N3O4S. The van der Waals surface area contributed by atoms with Crippen molar-refractivity contribution in [1.82, 2.24) is 9.58 Å². The van der Waals surface area contributed by atoms with Crippen molar-refractivity contribution >= 4 is 17.7 Å². The van der Waals surface area contributed by atoms with Gasteiger partial charge in [0, 0.05) is 28.5 Å². The van der Waals surface area contributed by atoms with E-state index in [2.05, 4.69) is 23.2 Å². The Morgan fingerprint density at radius 1 is 1.11 bits per heavy atom. The van der Waals surface area contributed by atoms with Crippen molar-refractivity contribution in [2.24, 2.45) is 0 Å². The predicted octanol–water partition coefficient (Wildman–Crippen LogP) is 4.03. The van der Waals surface area contributed by atoms with Gasteiger partial charge in [-0.3, -0.25) is 19.3 Å². The van der Waals surface area contributed by atoms with E-state index in [4.69, 9.17) is 4.74 Å². The molecule has 2 bridgehead atoms. The first-order chi connectivity index (χ1) is 17.1. The maximum Gasteiger partial charge on any atom is 0.278 e. The van der Waals surface area contributed by atoms with Crippen molar-refractivity contribution in [3.8, 4) is 11.5 Å². The minimum absolute atomic E-state index is 0.0100. The predicted molar refractivity (Wildman–Crippen MR) is 135 cm³/mol. The number of amides is 1. The summed E-state index contributed by atoms with van der Waals surface area (Å²) in [6, 6.07) is 15.2. The number of pyridine rings is 1. The van der Waals surface area contributed by atoms with Gasteiger partial charge in [-0.05, 0) is 35.8 Å². The van der Waals surface area contributed by atoms with E-state index in [0.717, 1.165) is 33.1 Å². The Bertz CT molecular complexity index is 1420. The number of hydrogen-bond acceptors (Lipinski definition) is 6. The highest BCUT2D eigenvalue weighted by Gasteiger charge is 2.41. The fourth-order valence-corrected chi connectivity index (χ4v) is 6.32. The molecule has 0 aliphatic carbocycles. The van der Waals surface area contributed by atoms with Crippen molar-refractivity contribution in [3.05, 3.63) is 99.5 Å². The number of benzene rings is 2. The van der Waals surface area contributed by atoms with Crippen molar-refractivity contribution in [3.63, 3.8) is 0 Å². The molecule has 4 heterocycles. The molecule has 6 rings (SSSR count). The fourth-order valence-electron chi connectivity index (χ4n) is 5.24. The van der Waals surface area contributed by atoms with Crippen LogP contribution in [0.5, 0.6) is 11.5 Å². The number of thioether (sulfide) groups is 1. The van der Waals surface area contributed by atoms with Gasteiger partial charge in [0.05, 0.1) is 6.04 Å². The summed E-state index contributed by atoms with van der Waals surface area (Å²) in [5.41, 5.74) is 2.70. The van der Waals surface area contributed by atoms with Gasteiger partial charge in [0.25, 0.3) is 5.91 Å². The molecule has 3 aromatic rings. The first kappa shape index (κ1) is 21.9. The van der Waals surface area contributed by atoms with Gasteiger partial charge in [-0.25, -0.2) is 0 Å². The quantitative estimate of drug-likeness (QED) is 0.523. The van der Waals surface area contributed by atoms with Gasteiger partial charge in [0.1, 0.15) is 25.1 Å². The topological polar surface area (TPSA) is 75.0 Å². The lowest BCUT2D eigenvalue weighted by Crippen LogP contribution is -2.57. The number of nitrogens with zero attached hydrogens (tertiary/aromatic N) is 3.